The maximum atomic E-state index is 5.42. The van der Waals surface area contributed by atoms with E-state index in [0.717, 1.165) is 35.9 Å². The van der Waals surface area contributed by atoms with Crippen LogP contribution in [0.3, 0.4) is 0 Å². The van der Waals surface area contributed by atoms with Crippen LogP contribution in [-0.4, -0.2) is 23.1 Å². The number of nitrogens with zero attached hydrogens (tertiary/aromatic N) is 2. The summed E-state index contributed by atoms with van der Waals surface area (Å²) in [5, 5.41) is 3.13. The van der Waals surface area contributed by atoms with E-state index in [9.17, 15) is 0 Å². The number of likely N-dealkylation sites (N-methyl/N-ethyl adjacent to an activating group) is 1. The minimum Gasteiger partial charge on any atom is -0.463 e. The standard InChI is InChI=1S/C12H17N3O/c1-9-12(10-5-4-8-16-10)15(3)11(14-9)6-7-13-2/h4-5,8,13H,6-7H2,1-3H3. The van der Waals surface area contributed by atoms with Gasteiger partial charge >= 0.3 is 0 Å². The van der Waals surface area contributed by atoms with E-state index in [1.165, 1.54) is 0 Å². The van der Waals surface area contributed by atoms with Gasteiger partial charge in [0.05, 0.1) is 12.0 Å². The molecule has 2 rings (SSSR count). The normalized spacial score (nSPS) is 10.9. The lowest BCUT2D eigenvalue weighted by atomic mass is 10.3. The van der Waals surface area contributed by atoms with Crippen LogP contribution in [0.1, 0.15) is 11.5 Å². The lowest BCUT2D eigenvalue weighted by Crippen LogP contribution is -2.13. The van der Waals surface area contributed by atoms with Crippen molar-refractivity contribution in [3.05, 3.63) is 29.9 Å². The Balaban J connectivity index is 2.36. The molecular weight excluding hydrogens is 202 g/mol. The zero-order valence-corrected chi connectivity index (χ0v) is 9.95. The minimum atomic E-state index is 0.878. The Hall–Kier alpha value is -1.55. The third-order valence-corrected chi connectivity index (χ3v) is 2.72. The maximum absolute atomic E-state index is 5.42. The van der Waals surface area contributed by atoms with Crippen LogP contribution in [0.4, 0.5) is 0 Å². The average Bonchev–Trinajstić information content (AvgIpc) is 2.85. The fraction of sp³-hybridized carbons (Fsp3) is 0.417. The van der Waals surface area contributed by atoms with Gasteiger partial charge < -0.3 is 14.3 Å². The summed E-state index contributed by atoms with van der Waals surface area (Å²) in [4.78, 5) is 4.57. The third kappa shape index (κ3) is 1.88. The monoisotopic (exact) mass is 219 g/mol. The highest BCUT2D eigenvalue weighted by atomic mass is 16.3. The van der Waals surface area contributed by atoms with Crippen LogP contribution in [-0.2, 0) is 13.5 Å². The molecule has 16 heavy (non-hydrogen) atoms. The summed E-state index contributed by atoms with van der Waals surface area (Å²) in [6.45, 7) is 2.95. The average molecular weight is 219 g/mol. The summed E-state index contributed by atoms with van der Waals surface area (Å²) in [5.74, 6) is 1.96. The van der Waals surface area contributed by atoms with Gasteiger partial charge in [0.25, 0.3) is 0 Å². The van der Waals surface area contributed by atoms with E-state index in [1.54, 1.807) is 6.26 Å². The molecule has 0 atom stereocenters. The number of furan rings is 1. The van der Waals surface area contributed by atoms with Crippen LogP contribution < -0.4 is 5.32 Å². The molecule has 0 saturated carbocycles. The highest BCUT2D eigenvalue weighted by Crippen LogP contribution is 2.24. The molecule has 0 unspecified atom stereocenters. The van der Waals surface area contributed by atoms with Crippen LogP contribution in [0, 0.1) is 6.92 Å². The summed E-state index contributed by atoms with van der Waals surface area (Å²) in [6, 6.07) is 3.86. The van der Waals surface area contributed by atoms with Gasteiger partial charge in [0.2, 0.25) is 0 Å². The fourth-order valence-corrected chi connectivity index (χ4v) is 1.91. The first-order valence-corrected chi connectivity index (χ1v) is 5.44. The van der Waals surface area contributed by atoms with E-state index in [0.29, 0.717) is 0 Å². The van der Waals surface area contributed by atoms with Gasteiger partial charge in [0, 0.05) is 20.0 Å². The van der Waals surface area contributed by atoms with Crippen LogP contribution >= 0.6 is 0 Å². The smallest absolute Gasteiger partial charge is 0.152 e. The van der Waals surface area contributed by atoms with E-state index in [2.05, 4.69) is 14.9 Å². The summed E-state index contributed by atoms with van der Waals surface area (Å²) >= 11 is 0. The molecule has 0 radical (unpaired) electrons. The predicted octanol–water partition coefficient (Wildman–Crippen LogP) is 1.75. The Labute approximate surface area is 95.3 Å². The second-order valence-electron chi connectivity index (χ2n) is 3.85. The molecule has 0 bridgehead atoms. The molecule has 2 aromatic rings. The van der Waals surface area contributed by atoms with Gasteiger partial charge in [0.1, 0.15) is 11.5 Å². The van der Waals surface area contributed by atoms with E-state index >= 15 is 0 Å². The molecule has 0 spiro atoms. The van der Waals surface area contributed by atoms with Crippen molar-refractivity contribution >= 4 is 0 Å². The number of aryl methyl sites for hydroxylation is 1. The molecule has 0 fully saturated rings. The molecule has 0 aliphatic heterocycles. The maximum Gasteiger partial charge on any atom is 0.152 e. The molecule has 2 aromatic heterocycles. The number of hydrogen-bond donors (Lipinski definition) is 1. The van der Waals surface area contributed by atoms with Gasteiger partial charge in [-0.3, -0.25) is 0 Å². The largest absolute Gasteiger partial charge is 0.463 e. The fourth-order valence-electron chi connectivity index (χ4n) is 1.91. The molecule has 4 nitrogen and oxygen atoms in total. The molecule has 4 heteroatoms. The summed E-state index contributed by atoms with van der Waals surface area (Å²) in [6.07, 6.45) is 2.61. The predicted molar refractivity (Wildman–Crippen MR) is 63.3 cm³/mol. The van der Waals surface area contributed by atoms with Gasteiger partial charge in [-0.05, 0) is 26.1 Å². The van der Waals surface area contributed by atoms with Crippen molar-refractivity contribution in [3.8, 4) is 11.5 Å². The van der Waals surface area contributed by atoms with Gasteiger partial charge in [-0.1, -0.05) is 0 Å². The van der Waals surface area contributed by atoms with Crippen molar-refractivity contribution in [2.45, 2.75) is 13.3 Å². The van der Waals surface area contributed by atoms with E-state index in [-0.39, 0.29) is 0 Å². The van der Waals surface area contributed by atoms with E-state index < -0.39 is 0 Å². The third-order valence-electron chi connectivity index (χ3n) is 2.72. The second-order valence-corrected chi connectivity index (χ2v) is 3.85. The first-order chi connectivity index (χ1) is 7.74. The molecule has 2 heterocycles. The van der Waals surface area contributed by atoms with Crippen molar-refractivity contribution in [1.29, 1.82) is 0 Å². The Morgan fingerprint density at radius 1 is 1.50 bits per heavy atom. The number of hydrogen-bond acceptors (Lipinski definition) is 3. The molecule has 0 aromatic carbocycles. The molecule has 0 aliphatic carbocycles. The van der Waals surface area contributed by atoms with Crippen LogP contribution in [0.15, 0.2) is 22.8 Å². The highest BCUT2D eigenvalue weighted by molar-refractivity contribution is 5.56. The van der Waals surface area contributed by atoms with Gasteiger partial charge in [-0.2, -0.15) is 0 Å². The number of rotatable bonds is 4. The van der Waals surface area contributed by atoms with Crippen molar-refractivity contribution in [2.75, 3.05) is 13.6 Å². The number of nitrogens with one attached hydrogen (secondary N) is 1. The zero-order chi connectivity index (χ0) is 11.5. The molecular formula is C12H17N3O. The summed E-state index contributed by atoms with van der Waals surface area (Å²) in [7, 11) is 3.98. The number of imidazole rings is 1. The lowest BCUT2D eigenvalue weighted by Gasteiger charge is -2.03. The quantitative estimate of drug-likeness (QED) is 0.852. The van der Waals surface area contributed by atoms with Gasteiger partial charge in [0.15, 0.2) is 5.76 Å². The molecule has 1 N–H and O–H groups in total. The molecule has 0 aliphatic rings. The minimum absolute atomic E-state index is 0.878. The Morgan fingerprint density at radius 3 is 2.94 bits per heavy atom. The molecule has 0 amide bonds. The van der Waals surface area contributed by atoms with Crippen molar-refractivity contribution in [3.63, 3.8) is 0 Å². The van der Waals surface area contributed by atoms with Gasteiger partial charge in [-0.25, -0.2) is 4.98 Å². The SMILES string of the molecule is CNCCc1nc(C)c(-c2ccco2)n1C. The number of aromatic nitrogens is 2. The topological polar surface area (TPSA) is 43.0 Å². The first kappa shape index (κ1) is 11.0. The van der Waals surface area contributed by atoms with Crippen LogP contribution in [0.25, 0.3) is 11.5 Å². The Kier molecular flexibility index (Phi) is 3.10. The Bertz CT molecular complexity index is 457. The lowest BCUT2D eigenvalue weighted by molar-refractivity contribution is 0.575. The molecule has 0 saturated heterocycles. The Morgan fingerprint density at radius 2 is 2.31 bits per heavy atom. The summed E-state index contributed by atoms with van der Waals surface area (Å²) < 4.78 is 7.53. The van der Waals surface area contributed by atoms with Crippen LogP contribution in [0.2, 0.25) is 0 Å². The van der Waals surface area contributed by atoms with Crippen molar-refractivity contribution in [1.82, 2.24) is 14.9 Å². The highest BCUT2D eigenvalue weighted by Gasteiger charge is 2.14. The van der Waals surface area contributed by atoms with Gasteiger partial charge in [-0.15, -0.1) is 0 Å². The van der Waals surface area contributed by atoms with E-state index in [1.807, 2.05) is 33.2 Å². The molecule has 86 valence electrons. The van der Waals surface area contributed by atoms with Crippen molar-refractivity contribution in [2.24, 2.45) is 7.05 Å². The second kappa shape index (κ2) is 4.53. The van der Waals surface area contributed by atoms with E-state index in [4.69, 9.17) is 4.42 Å². The van der Waals surface area contributed by atoms with Crippen LogP contribution in [0.5, 0.6) is 0 Å². The summed E-state index contributed by atoms with van der Waals surface area (Å²) in [5.41, 5.74) is 2.08. The first-order valence-electron chi connectivity index (χ1n) is 5.44. The zero-order valence-electron chi connectivity index (χ0n) is 9.95. The van der Waals surface area contributed by atoms with Crippen molar-refractivity contribution < 1.29 is 4.42 Å².